The minimum Gasteiger partial charge on any atom is -0.507 e. The Morgan fingerprint density at radius 2 is 1.82 bits per heavy atom. The molecular formula is C14H15NO2. The van der Waals surface area contributed by atoms with Crippen LogP contribution in [0.15, 0.2) is 42.5 Å². The Morgan fingerprint density at radius 1 is 1.06 bits per heavy atom. The van der Waals surface area contributed by atoms with Crippen LogP contribution in [0, 0.1) is 0 Å². The van der Waals surface area contributed by atoms with Crippen molar-refractivity contribution in [3.8, 4) is 22.6 Å². The zero-order valence-corrected chi connectivity index (χ0v) is 9.90. The van der Waals surface area contributed by atoms with Crippen LogP contribution in [0.1, 0.15) is 0 Å². The van der Waals surface area contributed by atoms with E-state index in [1.165, 1.54) is 0 Å². The van der Waals surface area contributed by atoms with E-state index in [4.69, 9.17) is 4.74 Å². The highest BCUT2D eigenvalue weighted by atomic mass is 16.5. The molecule has 0 aliphatic rings. The number of benzene rings is 2. The molecule has 0 aliphatic heterocycles. The van der Waals surface area contributed by atoms with Crippen molar-refractivity contribution >= 4 is 5.69 Å². The van der Waals surface area contributed by atoms with E-state index in [-0.39, 0.29) is 5.75 Å². The number of hydrogen-bond acceptors (Lipinski definition) is 3. The van der Waals surface area contributed by atoms with E-state index in [1.54, 1.807) is 19.2 Å². The number of aromatic hydroxyl groups is 1. The van der Waals surface area contributed by atoms with E-state index in [1.807, 2.05) is 37.4 Å². The van der Waals surface area contributed by atoms with E-state index in [2.05, 4.69) is 5.32 Å². The second kappa shape index (κ2) is 4.78. The van der Waals surface area contributed by atoms with Gasteiger partial charge in [0, 0.05) is 23.9 Å². The topological polar surface area (TPSA) is 41.5 Å². The van der Waals surface area contributed by atoms with Crippen molar-refractivity contribution in [2.45, 2.75) is 0 Å². The third kappa shape index (κ3) is 2.18. The Labute approximate surface area is 101 Å². The molecule has 0 bridgehead atoms. The van der Waals surface area contributed by atoms with E-state index < -0.39 is 0 Å². The number of anilines is 1. The molecule has 0 amide bonds. The number of rotatable bonds is 3. The summed E-state index contributed by atoms with van der Waals surface area (Å²) in [5.74, 6) is 0.970. The first kappa shape index (κ1) is 11.3. The first-order valence-corrected chi connectivity index (χ1v) is 5.40. The fraction of sp³-hybridized carbons (Fsp3) is 0.143. The lowest BCUT2D eigenvalue weighted by Crippen LogP contribution is -1.92. The van der Waals surface area contributed by atoms with E-state index in [9.17, 15) is 5.11 Å². The SMILES string of the molecule is CNc1ccccc1-c1cc(OC)ccc1O. The van der Waals surface area contributed by atoms with Crippen molar-refractivity contribution in [1.82, 2.24) is 0 Å². The summed E-state index contributed by atoms with van der Waals surface area (Å²) in [6, 6.07) is 13.0. The van der Waals surface area contributed by atoms with Gasteiger partial charge >= 0.3 is 0 Å². The number of nitrogens with one attached hydrogen (secondary N) is 1. The Bertz CT molecular complexity index is 523. The summed E-state index contributed by atoms with van der Waals surface area (Å²) in [4.78, 5) is 0. The van der Waals surface area contributed by atoms with Crippen LogP contribution in [-0.2, 0) is 0 Å². The van der Waals surface area contributed by atoms with Crippen molar-refractivity contribution in [3.05, 3.63) is 42.5 Å². The van der Waals surface area contributed by atoms with Crippen molar-refractivity contribution in [2.75, 3.05) is 19.5 Å². The lowest BCUT2D eigenvalue weighted by Gasteiger charge is -2.11. The molecule has 2 aromatic rings. The number of phenols is 1. The molecule has 0 fully saturated rings. The van der Waals surface area contributed by atoms with Crippen LogP contribution in [0.25, 0.3) is 11.1 Å². The third-order valence-corrected chi connectivity index (χ3v) is 2.69. The van der Waals surface area contributed by atoms with Crippen LogP contribution < -0.4 is 10.1 Å². The molecule has 0 aliphatic carbocycles. The molecule has 0 spiro atoms. The molecule has 0 unspecified atom stereocenters. The van der Waals surface area contributed by atoms with Gasteiger partial charge in [-0.1, -0.05) is 18.2 Å². The molecule has 0 aromatic heterocycles. The molecule has 0 atom stereocenters. The smallest absolute Gasteiger partial charge is 0.123 e. The molecule has 88 valence electrons. The van der Waals surface area contributed by atoms with E-state index in [0.717, 1.165) is 22.6 Å². The van der Waals surface area contributed by atoms with Gasteiger partial charge in [-0.15, -0.1) is 0 Å². The lowest BCUT2D eigenvalue weighted by molar-refractivity contribution is 0.412. The maximum Gasteiger partial charge on any atom is 0.123 e. The molecule has 17 heavy (non-hydrogen) atoms. The highest BCUT2D eigenvalue weighted by Gasteiger charge is 2.09. The van der Waals surface area contributed by atoms with Gasteiger partial charge in [0.05, 0.1) is 7.11 Å². The Kier molecular flexibility index (Phi) is 3.19. The molecular weight excluding hydrogens is 214 g/mol. The van der Waals surface area contributed by atoms with Gasteiger partial charge in [0.1, 0.15) is 11.5 Å². The standard InChI is InChI=1S/C14H15NO2/c1-15-13-6-4-3-5-11(13)12-9-10(17-2)7-8-14(12)16/h3-9,15-16H,1-2H3. The van der Waals surface area contributed by atoms with Gasteiger partial charge in [0.15, 0.2) is 0 Å². The van der Waals surface area contributed by atoms with Crippen molar-refractivity contribution in [3.63, 3.8) is 0 Å². The van der Waals surface area contributed by atoms with Crippen molar-refractivity contribution in [2.24, 2.45) is 0 Å². The zero-order chi connectivity index (χ0) is 12.3. The molecule has 0 radical (unpaired) electrons. The van der Waals surface area contributed by atoms with Crippen molar-refractivity contribution in [1.29, 1.82) is 0 Å². The summed E-state index contributed by atoms with van der Waals surface area (Å²) in [5.41, 5.74) is 2.68. The van der Waals surface area contributed by atoms with Gasteiger partial charge in [-0.2, -0.15) is 0 Å². The molecule has 2 aromatic carbocycles. The van der Waals surface area contributed by atoms with Crippen LogP contribution in [0.2, 0.25) is 0 Å². The van der Waals surface area contributed by atoms with Crippen molar-refractivity contribution < 1.29 is 9.84 Å². The number of methoxy groups -OCH3 is 1. The second-order valence-corrected chi connectivity index (χ2v) is 3.68. The second-order valence-electron chi connectivity index (χ2n) is 3.68. The summed E-state index contributed by atoms with van der Waals surface area (Å²) in [7, 11) is 3.47. The largest absolute Gasteiger partial charge is 0.507 e. The van der Waals surface area contributed by atoms with Crippen LogP contribution in [0.5, 0.6) is 11.5 Å². The normalized spacial score (nSPS) is 10.0. The average molecular weight is 229 g/mol. The molecule has 2 N–H and O–H groups in total. The summed E-state index contributed by atoms with van der Waals surface area (Å²) >= 11 is 0. The van der Waals surface area contributed by atoms with Gasteiger partial charge in [-0.3, -0.25) is 0 Å². The summed E-state index contributed by atoms with van der Waals surface area (Å²) in [6.07, 6.45) is 0. The predicted octanol–water partition coefficient (Wildman–Crippen LogP) is 3.11. The number of phenolic OH excluding ortho intramolecular Hbond substituents is 1. The van der Waals surface area contributed by atoms with E-state index in [0.29, 0.717) is 0 Å². The van der Waals surface area contributed by atoms with Gasteiger partial charge < -0.3 is 15.2 Å². The zero-order valence-electron chi connectivity index (χ0n) is 9.90. The Hall–Kier alpha value is -2.16. The number of hydrogen-bond donors (Lipinski definition) is 2. The Morgan fingerprint density at radius 3 is 2.53 bits per heavy atom. The summed E-state index contributed by atoms with van der Waals surface area (Å²) in [5, 5.41) is 13.0. The summed E-state index contributed by atoms with van der Waals surface area (Å²) < 4.78 is 5.17. The maximum absolute atomic E-state index is 9.92. The molecule has 0 saturated carbocycles. The predicted molar refractivity (Wildman–Crippen MR) is 69.6 cm³/mol. The van der Waals surface area contributed by atoms with Gasteiger partial charge in [-0.05, 0) is 24.3 Å². The fourth-order valence-electron chi connectivity index (χ4n) is 1.79. The fourth-order valence-corrected chi connectivity index (χ4v) is 1.79. The minimum atomic E-state index is 0.244. The highest BCUT2D eigenvalue weighted by Crippen LogP contribution is 2.36. The molecule has 0 saturated heterocycles. The van der Waals surface area contributed by atoms with Gasteiger partial charge in [-0.25, -0.2) is 0 Å². The van der Waals surface area contributed by atoms with Crippen LogP contribution in [-0.4, -0.2) is 19.3 Å². The quantitative estimate of drug-likeness (QED) is 0.849. The third-order valence-electron chi connectivity index (χ3n) is 2.69. The lowest BCUT2D eigenvalue weighted by atomic mass is 10.0. The molecule has 3 heteroatoms. The van der Waals surface area contributed by atoms with E-state index >= 15 is 0 Å². The monoisotopic (exact) mass is 229 g/mol. The van der Waals surface area contributed by atoms with Gasteiger partial charge in [0.25, 0.3) is 0 Å². The first-order valence-electron chi connectivity index (χ1n) is 5.40. The summed E-state index contributed by atoms with van der Waals surface area (Å²) in [6.45, 7) is 0. The molecule has 3 nitrogen and oxygen atoms in total. The molecule has 0 heterocycles. The number of ether oxygens (including phenoxy) is 1. The maximum atomic E-state index is 9.92. The first-order chi connectivity index (χ1) is 8.26. The van der Waals surface area contributed by atoms with Gasteiger partial charge in [0.2, 0.25) is 0 Å². The van der Waals surface area contributed by atoms with Crippen LogP contribution in [0.3, 0.4) is 0 Å². The highest BCUT2D eigenvalue weighted by molar-refractivity contribution is 5.82. The van der Waals surface area contributed by atoms with Crippen LogP contribution in [0.4, 0.5) is 5.69 Å². The molecule has 2 rings (SSSR count). The minimum absolute atomic E-state index is 0.244. The van der Waals surface area contributed by atoms with Crippen LogP contribution >= 0.6 is 0 Å². The average Bonchev–Trinajstić information content (AvgIpc) is 2.39. The Balaban J connectivity index is 2.59. The number of para-hydroxylation sites is 1.